The summed E-state index contributed by atoms with van der Waals surface area (Å²) in [4.78, 5) is 16.8. The number of nitriles is 1. The van der Waals surface area contributed by atoms with E-state index in [4.69, 9.17) is 24.3 Å². The normalized spacial score (nSPS) is 17.9. The molecule has 1 aromatic carbocycles. The van der Waals surface area contributed by atoms with Crippen molar-refractivity contribution in [2.45, 2.75) is 25.6 Å². The Balaban J connectivity index is 2.25. The first-order chi connectivity index (χ1) is 11.3. The molecule has 7 heteroatoms. The molecule has 2 rings (SSSR count). The van der Waals surface area contributed by atoms with Gasteiger partial charge in [0.05, 0.1) is 19.3 Å². The lowest BCUT2D eigenvalue weighted by atomic mass is 10.1. The number of rotatable bonds is 6. The maximum absolute atomic E-state index is 11.9. The van der Waals surface area contributed by atoms with E-state index in [-0.39, 0.29) is 18.6 Å². The molecular formula is C16H18N2O5. The summed E-state index contributed by atoms with van der Waals surface area (Å²) in [6.07, 6.45) is 2.46. The number of esters is 1. The molecule has 7 nitrogen and oxygen atoms in total. The number of para-hydroxylation sites is 1. The topological polar surface area (TPSA) is 90.1 Å². The predicted molar refractivity (Wildman–Crippen MR) is 80.8 cm³/mol. The summed E-state index contributed by atoms with van der Waals surface area (Å²) in [6.45, 7) is 0.380. The standard InChI is InChI=1S/C16H18N2O5/c1-20-16(19)15(18-22-11-9-17)12-6-2-3-7-13(12)23-14-8-4-5-10-21-14/h2-3,6-7,14H,4-5,8,10-11H2,1H3/b18-15+. The summed E-state index contributed by atoms with van der Waals surface area (Å²) in [5.41, 5.74) is 0.362. The second-order valence-corrected chi connectivity index (χ2v) is 4.77. The summed E-state index contributed by atoms with van der Waals surface area (Å²) in [5, 5.41) is 12.2. The Labute approximate surface area is 134 Å². The van der Waals surface area contributed by atoms with Gasteiger partial charge in [0, 0.05) is 6.42 Å². The van der Waals surface area contributed by atoms with Crippen molar-refractivity contribution in [1.29, 1.82) is 5.26 Å². The van der Waals surface area contributed by atoms with E-state index < -0.39 is 5.97 Å². The van der Waals surface area contributed by atoms with Gasteiger partial charge in [-0.15, -0.1) is 0 Å². The highest BCUT2D eigenvalue weighted by Gasteiger charge is 2.23. The lowest BCUT2D eigenvalue weighted by Crippen LogP contribution is -2.26. The Morgan fingerprint density at radius 3 is 2.96 bits per heavy atom. The molecule has 1 aliphatic rings. The van der Waals surface area contributed by atoms with Crippen molar-refractivity contribution in [3.63, 3.8) is 0 Å². The predicted octanol–water partition coefficient (Wildman–Crippen LogP) is 2.01. The fourth-order valence-corrected chi connectivity index (χ4v) is 2.13. The number of methoxy groups -OCH3 is 1. The molecule has 0 aliphatic carbocycles. The Kier molecular flexibility index (Phi) is 6.39. The van der Waals surface area contributed by atoms with Gasteiger partial charge >= 0.3 is 5.97 Å². The van der Waals surface area contributed by atoms with Crippen LogP contribution in [0.25, 0.3) is 0 Å². The summed E-state index contributed by atoms with van der Waals surface area (Å²) >= 11 is 0. The van der Waals surface area contributed by atoms with Crippen molar-refractivity contribution in [3.8, 4) is 11.8 Å². The second kappa shape index (κ2) is 8.76. The minimum Gasteiger partial charge on any atom is -0.464 e. The minimum absolute atomic E-state index is 0.0610. The van der Waals surface area contributed by atoms with Crippen LogP contribution in [0.4, 0.5) is 0 Å². The van der Waals surface area contributed by atoms with E-state index in [0.29, 0.717) is 17.9 Å². The lowest BCUT2D eigenvalue weighted by Gasteiger charge is -2.24. The van der Waals surface area contributed by atoms with Gasteiger partial charge in [0.15, 0.2) is 12.0 Å². The number of hydrogen-bond donors (Lipinski definition) is 0. The Hall–Kier alpha value is -2.59. The molecule has 0 bridgehead atoms. The van der Waals surface area contributed by atoms with E-state index in [2.05, 4.69) is 5.16 Å². The third kappa shape index (κ3) is 4.69. The van der Waals surface area contributed by atoms with Crippen molar-refractivity contribution in [2.24, 2.45) is 5.16 Å². The summed E-state index contributed by atoms with van der Waals surface area (Å²) in [5.74, 6) is -0.229. The zero-order valence-corrected chi connectivity index (χ0v) is 12.9. The Bertz CT molecular complexity index is 603. The molecule has 0 saturated carbocycles. The minimum atomic E-state index is -0.677. The number of ether oxygens (including phenoxy) is 3. The molecule has 1 aliphatic heterocycles. The fraction of sp³-hybridized carbons (Fsp3) is 0.438. The van der Waals surface area contributed by atoms with Crippen LogP contribution < -0.4 is 4.74 Å². The smallest absolute Gasteiger partial charge is 0.360 e. The number of hydrogen-bond acceptors (Lipinski definition) is 7. The monoisotopic (exact) mass is 318 g/mol. The van der Waals surface area contributed by atoms with Gasteiger partial charge in [-0.25, -0.2) is 4.79 Å². The van der Waals surface area contributed by atoms with Gasteiger partial charge in [-0.05, 0) is 25.0 Å². The molecule has 1 heterocycles. The van der Waals surface area contributed by atoms with E-state index in [1.165, 1.54) is 7.11 Å². The Morgan fingerprint density at radius 1 is 1.43 bits per heavy atom. The van der Waals surface area contributed by atoms with Gasteiger partial charge in [0.2, 0.25) is 6.61 Å². The molecule has 1 saturated heterocycles. The van der Waals surface area contributed by atoms with Gasteiger partial charge in [-0.1, -0.05) is 17.3 Å². The largest absolute Gasteiger partial charge is 0.464 e. The summed E-state index contributed by atoms with van der Waals surface area (Å²) in [7, 11) is 1.25. The van der Waals surface area contributed by atoms with Crippen molar-refractivity contribution in [3.05, 3.63) is 29.8 Å². The third-order valence-corrected chi connectivity index (χ3v) is 3.20. The second-order valence-electron chi connectivity index (χ2n) is 4.77. The van der Waals surface area contributed by atoms with E-state index in [9.17, 15) is 4.79 Å². The molecule has 1 atom stereocenters. The van der Waals surface area contributed by atoms with E-state index in [1.807, 2.05) is 0 Å². The fourth-order valence-electron chi connectivity index (χ4n) is 2.13. The van der Waals surface area contributed by atoms with Crippen LogP contribution in [0.15, 0.2) is 29.4 Å². The van der Waals surface area contributed by atoms with Gasteiger partial charge in [0.1, 0.15) is 11.8 Å². The van der Waals surface area contributed by atoms with Crippen molar-refractivity contribution < 1.29 is 23.8 Å². The maximum atomic E-state index is 11.9. The molecule has 1 fully saturated rings. The maximum Gasteiger partial charge on any atom is 0.360 e. The van der Waals surface area contributed by atoms with E-state index in [1.54, 1.807) is 30.3 Å². The first-order valence-electron chi connectivity index (χ1n) is 7.29. The van der Waals surface area contributed by atoms with Crippen molar-refractivity contribution >= 4 is 11.7 Å². The van der Waals surface area contributed by atoms with E-state index >= 15 is 0 Å². The highest BCUT2D eigenvalue weighted by atomic mass is 16.7. The zero-order chi connectivity index (χ0) is 16.5. The average Bonchev–Trinajstić information content (AvgIpc) is 2.60. The third-order valence-electron chi connectivity index (χ3n) is 3.20. The summed E-state index contributed by atoms with van der Waals surface area (Å²) < 4.78 is 16.1. The quantitative estimate of drug-likeness (QED) is 0.345. The lowest BCUT2D eigenvalue weighted by molar-refractivity contribution is -0.132. The number of carbonyl (C=O) groups is 1. The summed E-state index contributed by atoms with van der Waals surface area (Å²) in [6, 6.07) is 8.69. The highest BCUT2D eigenvalue weighted by Crippen LogP contribution is 2.24. The van der Waals surface area contributed by atoms with E-state index in [0.717, 1.165) is 19.3 Å². The van der Waals surface area contributed by atoms with Crippen LogP contribution in [0.3, 0.4) is 0 Å². The van der Waals surface area contributed by atoms with Crippen LogP contribution in [0.5, 0.6) is 5.75 Å². The SMILES string of the molecule is COC(=O)/C(=N/OCC#N)c1ccccc1OC1CCCCO1. The highest BCUT2D eigenvalue weighted by molar-refractivity contribution is 6.43. The number of benzene rings is 1. The van der Waals surface area contributed by atoms with Crippen LogP contribution in [0.2, 0.25) is 0 Å². The van der Waals surface area contributed by atoms with Crippen LogP contribution in [0, 0.1) is 11.3 Å². The molecule has 0 radical (unpaired) electrons. The van der Waals surface area contributed by atoms with Crippen molar-refractivity contribution in [2.75, 3.05) is 20.3 Å². The molecule has 0 aromatic heterocycles. The molecule has 0 amide bonds. The van der Waals surface area contributed by atoms with Gasteiger partial charge in [0.25, 0.3) is 0 Å². The van der Waals surface area contributed by atoms with Gasteiger partial charge < -0.3 is 19.0 Å². The van der Waals surface area contributed by atoms with Crippen LogP contribution >= 0.6 is 0 Å². The van der Waals surface area contributed by atoms with Crippen LogP contribution in [-0.2, 0) is 19.1 Å². The molecule has 1 aromatic rings. The molecule has 23 heavy (non-hydrogen) atoms. The number of carbonyl (C=O) groups excluding carboxylic acids is 1. The van der Waals surface area contributed by atoms with Gasteiger partial charge in [-0.2, -0.15) is 5.26 Å². The molecule has 0 N–H and O–H groups in total. The first kappa shape index (κ1) is 16.8. The molecular weight excluding hydrogens is 300 g/mol. The molecule has 122 valence electrons. The van der Waals surface area contributed by atoms with Crippen LogP contribution in [-0.4, -0.2) is 38.3 Å². The first-order valence-corrected chi connectivity index (χ1v) is 7.29. The van der Waals surface area contributed by atoms with Crippen molar-refractivity contribution in [1.82, 2.24) is 0 Å². The molecule has 0 spiro atoms. The number of oxime groups is 1. The average molecular weight is 318 g/mol. The van der Waals surface area contributed by atoms with Gasteiger partial charge in [-0.3, -0.25) is 0 Å². The zero-order valence-electron chi connectivity index (χ0n) is 12.9. The number of nitrogens with zero attached hydrogens (tertiary/aromatic N) is 2. The van der Waals surface area contributed by atoms with Crippen LogP contribution in [0.1, 0.15) is 24.8 Å². The molecule has 1 unspecified atom stereocenters. The Morgan fingerprint density at radius 2 is 2.26 bits per heavy atom.